The molecule has 18 heavy (non-hydrogen) atoms. The van der Waals surface area contributed by atoms with Gasteiger partial charge in [-0.15, -0.1) is 0 Å². The molecule has 1 N–H and O–H groups in total. The molecule has 1 unspecified atom stereocenters. The number of benzene rings is 1. The number of hydrogen-bond donors (Lipinski definition) is 1. The molecule has 0 saturated heterocycles. The van der Waals surface area contributed by atoms with Crippen LogP contribution in [0.3, 0.4) is 0 Å². The summed E-state index contributed by atoms with van der Waals surface area (Å²) in [6.07, 6.45) is 0. The van der Waals surface area contributed by atoms with E-state index in [1.54, 1.807) is 6.92 Å². The minimum atomic E-state index is -4.15. The van der Waals surface area contributed by atoms with Gasteiger partial charge >= 0.3 is 9.15 Å². The molecule has 0 aliphatic rings. The highest BCUT2D eigenvalue weighted by Crippen LogP contribution is 2.32. The van der Waals surface area contributed by atoms with Crippen LogP contribution in [0.15, 0.2) is 18.2 Å². The van der Waals surface area contributed by atoms with E-state index in [2.05, 4.69) is 0 Å². The third kappa shape index (κ3) is 4.45. The number of nitro benzene ring substituents is 1. The summed E-state index contributed by atoms with van der Waals surface area (Å²) in [4.78, 5) is 10.3. The molecule has 0 radical (unpaired) electrons. The Hall–Kier alpha value is -0.830. The van der Waals surface area contributed by atoms with Crippen molar-refractivity contribution in [2.24, 2.45) is 0 Å². The van der Waals surface area contributed by atoms with E-state index < -0.39 is 20.0 Å². The first-order valence-electron chi connectivity index (χ1n) is 4.76. The van der Waals surface area contributed by atoms with Gasteiger partial charge in [0.1, 0.15) is 0 Å². The quantitative estimate of drug-likeness (QED) is 0.388. The van der Waals surface area contributed by atoms with E-state index in [0.717, 1.165) is 0 Å². The number of rotatable bonds is 5. The molecule has 9 heteroatoms. The van der Waals surface area contributed by atoms with Crippen LogP contribution in [0.2, 0.25) is 5.02 Å². The summed E-state index contributed by atoms with van der Waals surface area (Å²) in [7, 11) is -3.81. The molecule has 0 spiro atoms. The van der Waals surface area contributed by atoms with E-state index in [1.807, 2.05) is 0 Å². The molecule has 0 aliphatic heterocycles. The van der Waals surface area contributed by atoms with Gasteiger partial charge in [-0.3, -0.25) is 14.7 Å². The maximum atomic E-state index is 10.9. The molecule has 0 fully saturated rings. The fourth-order valence-electron chi connectivity index (χ4n) is 1.37. The van der Waals surface area contributed by atoms with Crippen LogP contribution in [0.25, 0.3) is 0 Å². The predicted octanol–water partition coefficient (Wildman–Crippen LogP) is 2.89. The minimum absolute atomic E-state index is 0.0152. The van der Waals surface area contributed by atoms with Crippen molar-refractivity contribution >= 4 is 37.2 Å². The third-order valence-corrected chi connectivity index (χ3v) is 4.66. The molecular formula is C9H10ClNO5S2. The molecule has 1 aromatic carbocycles. The SMILES string of the molecule is CC(CSS(=O)(=O)O)c1ccc(Cl)cc1[N+](=O)[O-]. The first kappa shape index (κ1) is 15.2. The van der Waals surface area contributed by atoms with Gasteiger partial charge in [0, 0.05) is 22.4 Å². The van der Waals surface area contributed by atoms with Gasteiger partial charge in [-0.2, -0.15) is 8.42 Å². The Kier molecular flexibility index (Phi) is 4.97. The third-order valence-electron chi connectivity index (χ3n) is 2.19. The van der Waals surface area contributed by atoms with Crippen LogP contribution in [0.1, 0.15) is 18.4 Å². The molecule has 0 amide bonds. The number of hydrogen-bond acceptors (Lipinski definition) is 5. The lowest BCUT2D eigenvalue weighted by Crippen LogP contribution is -2.04. The minimum Gasteiger partial charge on any atom is -0.277 e. The second kappa shape index (κ2) is 5.87. The van der Waals surface area contributed by atoms with Crippen LogP contribution < -0.4 is 0 Å². The van der Waals surface area contributed by atoms with Gasteiger partial charge in [0.2, 0.25) is 0 Å². The van der Waals surface area contributed by atoms with Crippen molar-refractivity contribution in [1.82, 2.24) is 0 Å². The predicted molar refractivity (Wildman–Crippen MR) is 70.5 cm³/mol. The molecule has 1 aromatic rings. The Balaban J connectivity index is 2.98. The molecule has 1 rings (SSSR count). The number of halogens is 1. The zero-order valence-corrected chi connectivity index (χ0v) is 11.6. The van der Waals surface area contributed by atoms with Crippen LogP contribution in [0.5, 0.6) is 0 Å². The Morgan fingerprint density at radius 2 is 2.17 bits per heavy atom. The maximum Gasteiger partial charge on any atom is 0.319 e. The first-order valence-corrected chi connectivity index (χ1v) is 8.08. The molecule has 1 atom stereocenters. The maximum absolute atomic E-state index is 10.9. The Bertz CT molecular complexity index is 560. The molecule has 0 aromatic heterocycles. The summed E-state index contributed by atoms with van der Waals surface area (Å²) in [6.45, 7) is 1.63. The van der Waals surface area contributed by atoms with Gasteiger partial charge < -0.3 is 0 Å². The molecule has 6 nitrogen and oxygen atoms in total. The highest BCUT2D eigenvalue weighted by molar-refractivity contribution is 8.69. The zero-order chi connectivity index (χ0) is 13.9. The number of nitro groups is 1. The van der Waals surface area contributed by atoms with Crippen LogP contribution in [-0.2, 0) is 9.15 Å². The standard InChI is InChI=1S/C9H10ClNO5S2/c1-6(5-17-18(14,15)16)8-3-2-7(10)4-9(8)11(12)13/h2-4,6H,5H2,1H3,(H,14,15,16). The molecular weight excluding hydrogens is 302 g/mol. The molecule has 0 aliphatic carbocycles. The fraction of sp³-hybridized carbons (Fsp3) is 0.333. The van der Waals surface area contributed by atoms with E-state index in [0.29, 0.717) is 16.4 Å². The second-order valence-corrected chi connectivity index (χ2v) is 7.41. The average molecular weight is 312 g/mol. The smallest absolute Gasteiger partial charge is 0.277 e. The van der Waals surface area contributed by atoms with Crippen LogP contribution >= 0.6 is 22.4 Å². The number of nitrogens with zero attached hydrogens (tertiary/aromatic N) is 1. The fourth-order valence-corrected chi connectivity index (χ4v) is 3.22. The van der Waals surface area contributed by atoms with Gasteiger partial charge in [0.05, 0.1) is 4.92 Å². The summed E-state index contributed by atoms with van der Waals surface area (Å²) >= 11 is 5.67. The molecule has 0 bridgehead atoms. The van der Waals surface area contributed by atoms with Gasteiger partial charge in [0.25, 0.3) is 5.69 Å². The Morgan fingerprint density at radius 3 is 2.67 bits per heavy atom. The van der Waals surface area contributed by atoms with Crippen LogP contribution in [0.4, 0.5) is 5.69 Å². The monoisotopic (exact) mass is 311 g/mol. The van der Waals surface area contributed by atoms with E-state index in [9.17, 15) is 18.5 Å². The molecule has 0 saturated carbocycles. The van der Waals surface area contributed by atoms with Crippen molar-refractivity contribution in [3.63, 3.8) is 0 Å². The Labute approximate surface area is 113 Å². The largest absolute Gasteiger partial charge is 0.319 e. The zero-order valence-electron chi connectivity index (χ0n) is 9.24. The van der Waals surface area contributed by atoms with E-state index >= 15 is 0 Å². The van der Waals surface area contributed by atoms with Crippen molar-refractivity contribution in [3.05, 3.63) is 38.9 Å². The molecule has 0 heterocycles. The van der Waals surface area contributed by atoms with Crippen molar-refractivity contribution in [2.75, 3.05) is 5.75 Å². The topological polar surface area (TPSA) is 97.5 Å². The van der Waals surface area contributed by atoms with Crippen molar-refractivity contribution in [2.45, 2.75) is 12.8 Å². The summed E-state index contributed by atoms with van der Waals surface area (Å²) in [5.41, 5.74) is 0.214. The van der Waals surface area contributed by atoms with E-state index in [1.165, 1.54) is 18.2 Å². The Morgan fingerprint density at radius 1 is 1.56 bits per heavy atom. The van der Waals surface area contributed by atoms with Gasteiger partial charge in [0.15, 0.2) is 0 Å². The van der Waals surface area contributed by atoms with Crippen LogP contribution in [-0.4, -0.2) is 23.6 Å². The highest BCUT2D eigenvalue weighted by atomic mass is 35.5. The summed E-state index contributed by atoms with van der Waals surface area (Å²) in [5.74, 6) is -0.393. The van der Waals surface area contributed by atoms with Crippen molar-refractivity contribution in [3.8, 4) is 0 Å². The summed E-state index contributed by atoms with van der Waals surface area (Å²) < 4.78 is 29.8. The van der Waals surface area contributed by atoms with E-state index in [4.69, 9.17) is 16.2 Å². The lowest BCUT2D eigenvalue weighted by Gasteiger charge is -2.10. The van der Waals surface area contributed by atoms with Gasteiger partial charge in [-0.05, 0) is 22.8 Å². The second-order valence-electron chi connectivity index (χ2n) is 3.57. The summed E-state index contributed by atoms with van der Waals surface area (Å²) in [5, 5.41) is 11.1. The van der Waals surface area contributed by atoms with Crippen molar-refractivity contribution in [1.29, 1.82) is 0 Å². The van der Waals surface area contributed by atoms with Crippen molar-refractivity contribution < 1.29 is 17.9 Å². The average Bonchev–Trinajstić information content (AvgIpc) is 2.24. The highest BCUT2D eigenvalue weighted by Gasteiger charge is 2.21. The lowest BCUT2D eigenvalue weighted by atomic mass is 10.0. The van der Waals surface area contributed by atoms with E-state index in [-0.39, 0.29) is 16.5 Å². The van der Waals surface area contributed by atoms with Gasteiger partial charge in [-0.1, -0.05) is 24.6 Å². The normalized spacial score (nSPS) is 13.3. The van der Waals surface area contributed by atoms with Crippen LogP contribution in [0, 0.1) is 10.1 Å². The molecule has 100 valence electrons. The van der Waals surface area contributed by atoms with Gasteiger partial charge in [-0.25, -0.2) is 0 Å². The first-order chi connectivity index (χ1) is 8.20. The summed E-state index contributed by atoms with van der Waals surface area (Å²) in [6, 6.07) is 4.19. The lowest BCUT2D eigenvalue weighted by molar-refractivity contribution is -0.385.